The van der Waals surface area contributed by atoms with Crippen molar-refractivity contribution in [1.82, 2.24) is 4.98 Å². The van der Waals surface area contributed by atoms with Crippen LogP contribution >= 0.6 is 0 Å². The molecule has 0 fully saturated rings. The number of furan rings is 1. The van der Waals surface area contributed by atoms with Gasteiger partial charge in [-0.2, -0.15) is 0 Å². The summed E-state index contributed by atoms with van der Waals surface area (Å²) in [5.41, 5.74) is 3.48. The van der Waals surface area contributed by atoms with Crippen LogP contribution in [0.1, 0.15) is 33.8 Å². The van der Waals surface area contributed by atoms with Crippen LogP contribution in [0, 0.1) is 10.1 Å². The summed E-state index contributed by atoms with van der Waals surface area (Å²) in [4.78, 5) is 41.0. The van der Waals surface area contributed by atoms with Gasteiger partial charge in [-0.25, -0.2) is 9.78 Å². The zero-order valence-electron chi connectivity index (χ0n) is 19.7. The number of para-hydroxylation sites is 1. The van der Waals surface area contributed by atoms with E-state index in [1.54, 1.807) is 18.4 Å². The average Bonchev–Trinajstić information content (AvgIpc) is 3.56. The van der Waals surface area contributed by atoms with Crippen molar-refractivity contribution < 1.29 is 28.4 Å². The number of fused-ring (bicyclic) bond motifs is 2. The summed E-state index contributed by atoms with van der Waals surface area (Å²) < 4.78 is 16.0. The molecule has 5 rings (SSSR count). The largest absolute Gasteiger partial charge is 0.494 e. The molecule has 1 N–H and O–H groups in total. The number of rotatable bonds is 7. The Kier molecular flexibility index (Phi) is 6.38. The molecule has 10 nitrogen and oxygen atoms in total. The van der Waals surface area contributed by atoms with Gasteiger partial charge in [0.2, 0.25) is 0 Å². The highest BCUT2D eigenvalue weighted by Crippen LogP contribution is 2.38. The predicted molar refractivity (Wildman–Crippen MR) is 135 cm³/mol. The quantitative estimate of drug-likeness (QED) is 0.213. The first-order valence-electron chi connectivity index (χ1n) is 11.4. The zero-order valence-corrected chi connectivity index (χ0v) is 19.7. The van der Waals surface area contributed by atoms with E-state index in [0.717, 1.165) is 11.1 Å². The first-order chi connectivity index (χ1) is 17.9. The molecule has 2 heterocycles. The molecule has 0 unspecified atom stereocenters. The Labute approximate surface area is 210 Å². The lowest BCUT2D eigenvalue weighted by atomic mass is 10.0. The number of carbonyl (C=O) groups is 2. The number of anilines is 1. The minimum absolute atomic E-state index is 0.114. The number of methoxy groups -OCH3 is 1. The smallest absolute Gasteiger partial charge is 0.339 e. The second-order valence-corrected chi connectivity index (χ2v) is 8.28. The second kappa shape index (κ2) is 9.94. The number of hydrogen-bond donors (Lipinski definition) is 1. The minimum atomic E-state index is -0.639. The summed E-state index contributed by atoms with van der Waals surface area (Å²) in [5, 5.41) is 14.2. The number of nitrogens with zero attached hydrogens (tertiary/aromatic N) is 2. The number of hydrogen-bond acceptors (Lipinski definition) is 8. The Morgan fingerprint density at radius 2 is 2.00 bits per heavy atom. The Morgan fingerprint density at radius 3 is 2.76 bits per heavy atom. The normalized spacial score (nSPS) is 13.4. The third kappa shape index (κ3) is 4.76. The van der Waals surface area contributed by atoms with E-state index in [9.17, 15) is 19.7 Å². The molecule has 0 saturated heterocycles. The number of benzene rings is 2. The van der Waals surface area contributed by atoms with E-state index in [1.807, 2.05) is 30.3 Å². The lowest BCUT2D eigenvalue weighted by Crippen LogP contribution is -2.22. The van der Waals surface area contributed by atoms with Crippen LogP contribution in [0.15, 0.2) is 65.3 Å². The highest BCUT2D eigenvalue weighted by molar-refractivity contribution is 6.08. The Balaban J connectivity index is 1.38. The molecule has 1 amide bonds. The van der Waals surface area contributed by atoms with Gasteiger partial charge in [-0.1, -0.05) is 18.2 Å². The first kappa shape index (κ1) is 23.7. The number of esters is 1. The molecule has 2 aromatic carbocycles. The topological polar surface area (TPSA) is 134 Å². The van der Waals surface area contributed by atoms with Crippen molar-refractivity contribution in [3.63, 3.8) is 0 Å². The maximum Gasteiger partial charge on any atom is 0.339 e. The van der Waals surface area contributed by atoms with Gasteiger partial charge in [-0.15, -0.1) is 0 Å². The summed E-state index contributed by atoms with van der Waals surface area (Å²) >= 11 is 0. The molecule has 37 heavy (non-hydrogen) atoms. The monoisotopic (exact) mass is 499 g/mol. The van der Waals surface area contributed by atoms with E-state index in [0.29, 0.717) is 40.8 Å². The zero-order chi connectivity index (χ0) is 25.9. The van der Waals surface area contributed by atoms with Crippen molar-refractivity contribution in [3.8, 4) is 5.75 Å². The van der Waals surface area contributed by atoms with Crippen molar-refractivity contribution in [2.24, 2.45) is 0 Å². The molecular weight excluding hydrogens is 478 g/mol. The number of aromatic nitrogens is 1. The maximum atomic E-state index is 13.3. The van der Waals surface area contributed by atoms with E-state index in [2.05, 4.69) is 5.32 Å². The van der Waals surface area contributed by atoms with Crippen LogP contribution in [0.4, 0.5) is 11.4 Å². The number of nitro groups is 1. The SMILES string of the molecule is COc1cc([N+](=O)[O-])ccc1NC(=O)COC(=O)c1c2c(nc3ccccc13)C(=Cc1ccco1)CC2. The predicted octanol–water partition coefficient (Wildman–Crippen LogP) is 5.03. The molecule has 10 heteroatoms. The van der Waals surface area contributed by atoms with Crippen LogP contribution in [0.25, 0.3) is 22.6 Å². The van der Waals surface area contributed by atoms with E-state index in [-0.39, 0.29) is 17.1 Å². The van der Waals surface area contributed by atoms with Gasteiger partial charge in [0.05, 0.1) is 46.8 Å². The van der Waals surface area contributed by atoms with Crippen LogP contribution in [-0.4, -0.2) is 35.5 Å². The van der Waals surface area contributed by atoms with Gasteiger partial charge in [0.1, 0.15) is 11.5 Å². The number of allylic oxidation sites excluding steroid dienone is 1. The number of amides is 1. The Hall–Kier alpha value is -4.99. The molecule has 1 aliphatic rings. The maximum absolute atomic E-state index is 13.3. The van der Waals surface area contributed by atoms with Crippen LogP contribution in [0.2, 0.25) is 0 Å². The van der Waals surface area contributed by atoms with Crippen LogP contribution in [0.5, 0.6) is 5.75 Å². The number of nitrogens with one attached hydrogen (secondary N) is 1. The van der Waals surface area contributed by atoms with Crippen molar-refractivity contribution in [3.05, 3.63) is 93.6 Å². The van der Waals surface area contributed by atoms with E-state index < -0.39 is 23.4 Å². The summed E-state index contributed by atoms with van der Waals surface area (Å²) in [6.45, 7) is -0.556. The highest BCUT2D eigenvalue weighted by atomic mass is 16.6. The number of ether oxygens (including phenoxy) is 2. The standard InChI is InChI=1S/C27H21N3O7/c1-35-23-14-17(30(33)34)9-11-22(23)28-24(31)15-37-27(32)25-19-6-2-3-7-21(19)29-26-16(8-10-20(25)26)13-18-5-4-12-36-18/h2-7,9,11-14H,8,10,15H2,1H3,(H,28,31). The number of carbonyl (C=O) groups excluding carboxylic acids is 2. The number of non-ortho nitro benzene ring substituents is 1. The van der Waals surface area contributed by atoms with E-state index in [4.69, 9.17) is 18.9 Å². The van der Waals surface area contributed by atoms with Crippen molar-refractivity contribution in [2.75, 3.05) is 19.0 Å². The fraction of sp³-hybridized carbons (Fsp3) is 0.148. The summed E-state index contributed by atoms with van der Waals surface area (Å²) in [6, 6.07) is 14.7. The molecule has 0 spiro atoms. The molecule has 0 atom stereocenters. The van der Waals surface area contributed by atoms with Gasteiger partial charge >= 0.3 is 5.97 Å². The van der Waals surface area contributed by atoms with Crippen LogP contribution in [0.3, 0.4) is 0 Å². The fourth-order valence-electron chi connectivity index (χ4n) is 4.34. The lowest BCUT2D eigenvalue weighted by molar-refractivity contribution is -0.384. The average molecular weight is 499 g/mol. The number of pyridine rings is 1. The molecule has 0 saturated carbocycles. The molecule has 1 aliphatic carbocycles. The molecule has 186 valence electrons. The fourth-order valence-corrected chi connectivity index (χ4v) is 4.34. The highest BCUT2D eigenvalue weighted by Gasteiger charge is 2.28. The van der Waals surface area contributed by atoms with E-state index >= 15 is 0 Å². The van der Waals surface area contributed by atoms with Crippen LogP contribution < -0.4 is 10.1 Å². The van der Waals surface area contributed by atoms with E-state index in [1.165, 1.54) is 25.3 Å². The van der Waals surface area contributed by atoms with Gasteiger partial charge in [0.15, 0.2) is 6.61 Å². The molecule has 0 aliphatic heterocycles. The molecule has 4 aromatic rings. The third-order valence-electron chi connectivity index (χ3n) is 6.01. The molecule has 0 radical (unpaired) electrons. The van der Waals surface area contributed by atoms with Gasteiger partial charge in [0.25, 0.3) is 11.6 Å². The van der Waals surface area contributed by atoms with Gasteiger partial charge in [-0.05, 0) is 54.3 Å². The Bertz CT molecular complexity index is 1560. The van der Waals surface area contributed by atoms with Gasteiger partial charge in [0, 0.05) is 11.5 Å². The molecule has 2 aromatic heterocycles. The summed E-state index contributed by atoms with van der Waals surface area (Å²) in [7, 11) is 1.33. The van der Waals surface area contributed by atoms with Crippen LogP contribution in [-0.2, 0) is 16.0 Å². The van der Waals surface area contributed by atoms with Crippen molar-refractivity contribution >= 4 is 45.8 Å². The van der Waals surface area contributed by atoms with Gasteiger partial charge < -0.3 is 19.2 Å². The first-order valence-corrected chi connectivity index (χ1v) is 11.4. The third-order valence-corrected chi connectivity index (χ3v) is 6.01. The summed E-state index contributed by atoms with van der Waals surface area (Å²) in [5.74, 6) is -0.447. The Morgan fingerprint density at radius 1 is 1.16 bits per heavy atom. The molecule has 0 bridgehead atoms. The molecular formula is C27H21N3O7. The summed E-state index contributed by atoms with van der Waals surface area (Å²) in [6.07, 6.45) is 4.78. The second-order valence-electron chi connectivity index (χ2n) is 8.28. The lowest BCUT2D eigenvalue weighted by Gasteiger charge is -2.13. The minimum Gasteiger partial charge on any atom is -0.494 e. The van der Waals surface area contributed by atoms with Crippen molar-refractivity contribution in [2.45, 2.75) is 12.8 Å². The van der Waals surface area contributed by atoms with Gasteiger partial charge in [-0.3, -0.25) is 14.9 Å². The van der Waals surface area contributed by atoms with Crippen molar-refractivity contribution in [1.29, 1.82) is 0 Å². The number of nitro benzene ring substituents is 1.